The molecule has 1 rings (SSSR count). The molecule has 0 fully saturated rings. The number of methoxy groups -OCH3 is 1. The average molecular weight is 294 g/mol. The molecule has 0 aliphatic rings. The van der Waals surface area contributed by atoms with E-state index in [1.807, 2.05) is 19.1 Å². The second kappa shape index (κ2) is 8.46. The zero-order chi connectivity index (χ0) is 15.0. The molecule has 6 heteroatoms. The number of benzene rings is 1. The lowest BCUT2D eigenvalue weighted by Crippen LogP contribution is -2.30. The first kappa shape index (κ1) is 16.3. The molecule has 2 N–H and O–H groups in total. The van der Waals surface area contributed by atoms with Gasteiger partial charge in [-0.3, -0.25) is 0 Å². The van der Waals surface area contributed by atoms with Crippen molar-refractivity contribution in [1.82, 2.24) is 0 Å². The number of rotatable bonds is 8. The molecular weight excluding hydrogens is 276 g/mol. The summed E-state index contributed by atoms with van der Waals surface area (Å²) in [5, 5.41) is 21.4. The molecule has 0 heterocycles. The Morgan fingerprint density at radius 3 is 2.90 bits per heavy atom. The lowest BCUT2D eigenvalue weighted by molar-refractivity contribution is -0.138. The van der Waals surface area contributed by atoms with Gasteiger partial charge in [-0.05, 0) is 17.9 Å². The van der Waals surface area contributed by atoms with E-state index in [2.05, 4.69) is 11.4 Å². The number of anilines is 1. The minimum absolute atomic E-state index is 0.335. The Bertz CT molecular complexity index is 500. The lowest BCUT2D eigenvalue weighted by atomic mass is 10.1. The zero-order valence-corrected chi connectivity index (χ0v) is 12.4. The van der Waals surface area contributed by atoms with Crippen molar-refractivity contribution >= 4 is 23.4 Å². The summed E-state index contributed by atoms with van der Waals surface area (Å²) in [4.78, 5) is 12.1. The Hall–Kier alpha value is -1.71. The highest BCUT2D eigenvalue weighted by molar-refractivity contribution is 7.99. The summed E-state index contributed by atoms with van der Waals surface area (Å²) in [6, 6.07) is 6.77. The summed E-state index contributed by atoms with van der Waals surface area (Å²) < 4.78 is 4.91. The molecule has 5 nitrogen and oxygen atoms in total. The van der Waals surface area contributed by atoms with E-state index in [1.165, 1.54) is 7.11 Å². The molecule has 1 atom stereocenters. The second-order valence-corrected chi connectivity index (χ2v) is 5.35. The number of hydrogen-bond acceptors (Lipinski definition) is 5. The summed E-state index contributed by atoms with van der Waals surface area (Å²) >= 11 is 1.56. The molecule has 0 radical (unpaired) electrons. The van der Waals surface area contributed by atoms with Crippen molar-refractivity contribution in [3.05, 3.63) is 23.8 Å². The van der Waals surface area contributed by atoms with Crippen LogP contribution < -0.4 is 5.32 Å². The Labute approximate surface area is 122 Å². The summed E-state index contributed by atoms with van der Waals surface area (Å²) in [5.41, 5.74) is 1.04. The van der Waals surface area contributed by atoms with Crippen molar-refractivity contribution in [2.75, 3.05) is 24.8 Å². The fourth-order valence-electron chi connectivity index (χ4n) is 1.72. The first-order valence-electron chi connectivity index (χ1n) is 6.28. The molecule has 20 heavy (non-hydrogen) atoms. The van der Waals surface area contributed by atoms with E-state index < -0.39 is 12.0 Å². The van der Waals surface area contributed by atoms with Gasteiger partial charge in [0.05, 0.1) is 11.3 Å². The number of carbonyl (C=O) groups is 1. The third kappa shape index (κ3) is 4.44. The van der Waals surface area contributed by atoms with Crippen LogP contribution in [0.25, 0.3) is 0 Å². The molecule has 0 aliphatic heterocycles. The summed E-state index contributed by atoms with van der Waals surface area (Å²) in [6.07, 6.45) is 0.335. The quantitative estimate of drug-likeness (QED) is 0.717. The van der Waals surface area contributed by atoms with E-state index in [9.17, 15) is 15.2 Å². The van der Waals surface area contributed by atoms with Crippen LogP contribution in [0.3, 0.4) is 0 Å². The van der Waals surface area contributed by atoms with Gasteiger partial charge in [-0.1, -0.05) is 13.0 Å². The van der Waals surface area contributed by atoms with Gasteiger partial charge in [0.1, 0.15) is 12.1 Å². The van der Waals surface area contributed by atoms with E-state index in [1.54, 1.807) is 17.8 Å². The van der Waals surface area contributed by atoms with Crippen LogP contribution in [0.4, 0.5) is 5.69 Å². The summed E-state index contributed by atoms with van der Waals surface area (Å²) in [5.74, 6) is -0.107. The van der Waals surface area contributed by atoms with Crippen molar-refractivity contribution in [2.45, 2.75) is 24.3 Å². The number of carboxylic acid groups (broad SMARTS) is 1. The number of nitrogens with zero attached hydrogens (tertiary/aromatic N) is 1. The monoisotopic (exact) mass is 294 g/mol. The number of hydrogen-bond donors (Lipinski definition) is 2. The van der Waals surface area contributed by atoms with Crippen molar-refractivity contribution < 1.29 is 14.6 Å². The van der Waals surface area contributed by atoms with Crippen molar-refractivity contribution in [2.24, 2.45) is 0 Å². The van der Waals surface area contributed by atoms with Gasteiger partial charge in [-0.25, -0.2) is 4.79 Å². The standard InChI is InChI=1S/C14H18N2O3S/c1-3-20-13-6-4-5-11(10(13)9-15)16-12(14(17)18)7-8-19-2/h4-6,12,16H,3,7-8H2,1-2H3,(H,17,18). The van der Waals surface area contributed by atoms with Gasteiger partial charge < -0.3 is 15.2 Å². The number of ether oxygens (including phenoxy) is 1. The van der Waals surface area contributed by atoms with Crippen LogP contribution in [0.15, 0.2) is 23.1 Å². The van der Waals surface area contributed by atoms with E-state index >= 15 is 0 Å². The molecule has 0 saturated carbocycles. The first-order valence-corrected chi connectivity index (χ1v) is 7.26. The molecule has 0 saturated heterocycles. The van der Waals surface area contributed by atoms with Crippen molar-refractivity contribution in [3.63, 3.8) is 0 Å². The molecule has 0 bridgehead atoms. The Kier molecular flexibility index (Phi) is 6.91. The van der Waals surface area contributed by atoms with Gasteiger partial charge in [0.25, 0.3) is 0 Å². The maximum atomic E-state index is 11.2. The highest BCUT2D eigenvalue weighted by Gasteiger charge is 2.19. The molecule has 1 aromatic rings. The molecule has 0 aliphatic carbocycles. The van der Waals surface area contributed by atoms with Crippen molar-refractivity contribution in [1.29, 1.82) is 5.26 Å². The zero-order valence-electron chi connectivity index (χ0n) is 11.5. The second-order valence-electron chi connectivity index (χ2n) is 4.04. The fourth-order valence-corrected chi connectivity index (χ4v) is 2.51. The summed E-state index contributed by atoms with van der Waals surface area (Å²) in [6.45, 7) is 2.35. The highest BCUT2D eigenvalue weighted by Crippen LogP contribution is 2.28. The third-order valence-electron chi connectivity index (χ3n) is 2.68. The largest absolute Gasteiger partial charge is 0.480 e. The van der Waals surface area contributed by atoms with Crippen LogP contribution in [0, 0.1) is 11.3 Å². The minimum Gasteiger partial charge on any atom is -0.480 e. The van der Waals surface area contributed by atoms with E-state index in [4.69, 9.17) is 4.74 Å². The van der Waals surface area contributed by atoms with Crippen molar-refractivity contribution in [3.8, 4) is 6.07 Å². The smallest absolute Gasteiger partial charge is 0.326 e. The number of nitriles is 1. The van der Waals surface area contributed by atoms with Gasteiger partial charge in [0.2, 0.25) is 0 Å². The number of thioether (sulfide) groups is 1. The normalized spacial score (nSPS) is 11.7. The van der Waals surface area contributed by atoms with Gasteiger partial charge in [0, 0.05) is 25.0 Å². The van der Waals surface area contributed by atoms with Crippen LogP contribution >= 0.6 is 11.8 Å². The van der Waals surface area contributed by atoms with Crippen LogP contribution in [-0.4, -0.2) is 36.6 Å². The fraction of sp³-hybridized carbons (Fsp3) is 0.429. The third-order valence-corrected chi connectivity index (χ3v) is 3.62. The van der Waals surface area contributed by atoms with Gasteiger partial charge in [-0.2, -0.15) is 5.26 Å². The van der Waals surface area contributed by atoms with Crippen LogP contribution in [0.1, 0.15) is 18.9 Å². The highest BCUT2D eigenvalue weighted by atomic mass is 32.2. The SMILES string of the molecule is CCSc1cccc(NC(CCOC)C(=O)O)c1C#N. The predicted molar refractivity (Wildman–Crippen MR) is 79.1 cm³/mol. The maximum Gasteiger partial charge on any atom is 0.326 e. The van der Waals surface area contributed by atoms with Gasteiger partial charge in [0.15, 0.2) is 0 Å². The number of aliphatic carboxylic acids is 1. The Morgan fingerprint density at radius 2 is 2.35 bits per heavy atom. The van der Waals surface area contributed by atoms with Crippen LogP contribution in [-0.2, 0) is 9.53 Å². The Morgan fingerprint density at radius 1 is 1.60 bits per heavy atom. The Balaban J connectivity index is 2.97. The van der Waals surface area contributed by atoms with E-state index in [-0.39, 0.29) is 0 Å². The minimum atomic E-state index is -0.959. The molecule has 1 unspecified atom stereocenters. The molecule has 0 amide bonds. The van der Waals surface area contributed by atoms with Crippen LogP contribution in [0.2, 0.25) is 0 Å². The first-order chi connectivity index (χ1) is 9.63. The maximum absolute atomic E-state index is 11.2. The predicted octanol–water partition coefficient (Wildman–Crippen LogP) is 2.57. The topological polar surface area (TPSA) is 82.3 Å². The molecule has 108 valence electrons. The van der Waals surface area contributed by atoms with Crippen LogP contribution in [0.5, 0.6) is 0 Å². The number of nitrogens with one attached hydrogen (secondary N) is 1. The molecule has 0 aromatic heterocycles. The van der Waals surface area contributed by atoms with E-state index in [0.29, 0.717) is 24.3 Å². The van der Waals surface area contributed by atoms with Gasteiger partial charge >= 0.3 is 5.97 Å². The number of carboxylic acids is 1. The molecule has 0 spiro atoms. The van der Waals surface area contributed by atoms with Gasteiger partial charge in [-0.15, -0.1) is 11.8 Å². The summed E-state index contributed by atoms with van der Waals surface area (Å²) in [7, 11) is 1.53. The average Bonchev–Trinajstić information content (AvgIpc) is 2.43. The molecule has 1 aromatic carbocycles. The lowest BCUT2D eigenvalue weighted by Gasteiger charge is -2.17. The van der Waals surface area contributed by atoms with E-state index in [0.717, 1.165) is 10.6 Å². The molecular formula is C14H18N2O3S.